The predicted molar refractivity (Wildman–Crippen MR) is 105 cm³/mol. The monoisotopic (exact) mass is 410 g/mol. The number of carbonyl (C=O) groups excluding carboxylic acids is 2. The first kappa shape index (κ1) is 19.5. The minimum absolute atomic E-state index is 0.206. The van der Waals surface area contributed by atoms with E-state index in [9.17, 15) is 14.0 Å². The van der Waals surface area contributed by atoms with Gasteiger partial charge in [0.25, 0.3) is 0 Å². The van der Waals surface area contributed by atoms with Crippen LogP contribution in [0.4, 0.5) is 14.9 Å². The second kappa shape index (κ2) is 8.27. The van der Waals surface area contributed by atoms with Crippen molar-refractivity contribution < 1.29 is 18.7 Å². The van der Waals surface area contributed by atoms with Crippen LogP contribution in [0.3, 0.4) is 0 Å². The van der Waals surface area contributed by atoms with Crippen molar-refractivity contribution in [3.8, 4) is 5.69 Å². The molecule has 0 bridgehead atoms. The molecular formula is C20H19FN6O3. The SMILES string of the molecule is CC(=O)NCC1CN(c2ccc(-n3cc(Cc4ccncc4)nn3)c(F)c2)C(=O)O1. The number of nitrogens with zero attached hydrogens (tertiary/aromatic N) is 5. The topological polar surface area (TPSA) is 102 Å². The van der Waals surface area contributed by atoms with E-state index in [2.05, 4.69) is 20.6 Å². The van der Waals surface area contributed by atoms with Crippen molar-refractivity contribution in [2.45, 2.75) is 19.4 Å². The van der Waals surface area contributed by atoms with Crippen LogP contribution in [0.25, 0.3) is 5.69 Å². The number of nitrogens with one attached hydrogen (secondary N) is 1. The molecule has 1 fully saturated rings. The molecule has 1 atom stereocenters. The molecule has 0 radical (unpaired) electrons. The smallest absolute Gasteiger partial charge is 0.414 e. The zero-order valence-corrected chi connectivity index (χ0v) is 16.2. The van der Waals surface area contributed by atoms with Crippen molar-refractivity contribution >= 4 is 17.7 Å². The molecule has 3 heterocycles. The molecule has 0 saturated carbocycles. The Balaban J connectivity index is 1.47. The maximum atomic E-state index is 14.8. The lowest BCUT2D eigenvalue weighted by Crippen LogP contribution is -2.33. The second-order valence-electron chi connectivity index (χ2n) is 6.88. The Bertz CT molecular complexity index is 1070. The Labute approximate surface area is 171 Å². The molecule has 3 aromatic rings. The van der Waals surface area contributed by atoms with E-state index >= 15 is 0 Å². The van der Waals surface area contributed by atoms with Crippen molar-refractivity contribution in [1.29, 1.82) is 0 Å². The van der Waals surface area contributed by atoms with Crippen molar-refractivity contribution in [2.24, 2.45) is 0 Å². The maximum Gasteiger partial charge on any atom is 0.414 e. The van der Waals surface area contributed by atoms with E-state index in [0.29, 0.717) is 17.8 Å². The Morgan fingerprint density at radius 1 is 1.30 bits per heavy atom. The normalized spacial score (nSPS) is 15.9. The average molecular weight is 410 g/mol. The number of anilines is 1. The van der Waals surface area contributed by atoms with Crippen LogP contribution >= 0.6 is 0 Å². The number of amides is 2. The summed E-state index contributed by atoms with van der Waals surface area (Å²) in [6, 6.07) is 8.15. The summed E-state index contributed by atoms with van der Waals surface area (Å²) in [7, 11) is 0. The molecule has 1 aliphatic rings. The van der Waals surface area contributed by atoms with Gasteiger partial charge in [-0.3, -0.25) is 14.7 Å². The van der Waals surface area contributed by atoms with Crippen LogP contribution in [0.1, 0.15) is 18.2 Å². The van der Waals surface area contributed by atoms with Crippen molar-refractivity contribution in [1.82, 2.24) is 25.3 Å². The molecule has 1 aliphatic heterocycles. The average Bonchev–Trinajstić information content (AvgIpc) is 3.33. The number of pyridine rings is 1. The third-order valence-electron chi connectivity index (χ3n) is 4.62. The summed E-state index contributed by atoms with van der Waals surface area (Å²) >= 11 is 0. The number of hydrogen-bond acceptors (Lipinski definition) is 6. The van der Waals surface area contributed by atoms with Crippen LogP contribution in [0.5, 0.6) is 0 Å². The largest absolute Gasteiger partial charge is 0.442 e. The molecule has 4 rings (SSSR count). The fourth-order valence-electron chi connectivity index (χ4n) is 3.15. The Hall–Kier alpha value is -3.82. The standard InChI is InChI=1S/C20H19FN6O3/c1-13(28)23-10-17-12-26(20(29)30-17)16-2-3-19(18(21)9-16)27-11-15(24-25-27)8-14-4-6-22-7-5-14/h2-7,9,11,17H,8,10,12H2,1H3,(H,23,28). The van der Waals surface area contributed by atoms with E-state index in [1.54, 1.807) is 24.7 Å². The van der Waals surface area contributed by atoms with Crippen LogP contribution in [-0.4, -0.2) is 51.2 Å². The lowest BCUT2D eigenvalue weighted by Gasteiger charge is -2.14. The summed E-state index contributed by atoms with van der Waals surface area (Å²) in [5, 5.41) is 10.7. The van der Waals surface area contributed by atoms with Crippen LogP contribution in [0.2, 0.25) is 0 Å². The molecule has 1 aromatic carbocycles. The molecule has 1 unspecified atom stereocenters. The fourth-order valence-corrected chi connectivity index (χ4v) is 3.15. The second-order valence-corrected chi connectivity index (χ2v) is 6.88. The van der Waals surface area contributed by atoms with E-state index in [1.807, 2.05) is 12.1 Å². The van der Waals surface area contributed by atoms with Crippen LogP contribution in [0, 0.1) is 5.82 Å². The highest BCUT2D eigenvalue weighted by Crippen LogP contribution is 2.25. The highest BCUT2D eigenvalue weighted by atomic mass is 19.1. The van der Waals surface area contributed by atoms with Gasteiger partial charge in [-0.1, -0.05) is 5.21 Å². The number of benzene rings is 1. The van der Waals surface area contributed by atoms with Crippen LogP contribution in [0.15, 0.2) is 48.9 Å². The first-order valence-electron chi connectivity index (χ1n) is 9.32. The summed E-state index contributed by atoms with van der Waals surface area (Å²) in [6.07, 6.45) is 4.53. The zero-order chi connectivity index (χ0) is 21.1. The van der Waals surface area contributed by atoms with E-state index in [1.165, 1.54) is 28.6 Å². The van der Waals surface area contributed by atoms with Crippen LogP contribution < -0.4 is 10.2 Å². The molecule has 2 aromatic heterocycles. The van der Waals surface area contributed by atoms with Gasteiger partial charge in [0.15, 0.2) is 5.82 Å². The highest BCUT2D eigenvalue weighted by Gasteiger charge is 2.32. The quantitative estimate of drug-likeness (QED) is 0.666. The van der Waals surface area contributed by atoms with E-state index in [0.717, 1.165) is 5.56 Å². The predicted octanol–water partition coefficient (Wildman–Crippen LogP) is 1.85. The van der Waals surface area contributed by atoms with E-state index < -0.39 is 18.0 Å². The van der Waals surface area contributed by atoms with Gasteiger partial charge in [-0.25, -0.2) is 13.9 Å². The van der Waals surface area contributed by atoms with Gasteiger partial charge in [0.1, 0.15) is 11.8 Å². The van der Waals surface area contributed by atoms with Gasteiger partial charge in [-0.05, 0) is 35.9 Å². The first-order chi connectivity index (χ1) is 14.5. The minimum atomic E-state index is -0.585. The van der Waals surface area contributed by atoms with Gasteiger partial charge < -0.3 is 10.1 Å². The van der Waals surface area contributed by atoms with Crippen molar-refractivity contribution in [2.75, 3.05) is 18.0 Å². The summed E-state index contributed by atoms with van der Waals surface area (Å²) in [5.41, 5.74) is 2.29. The number of cyclic esters (lactones) is 1. The van der Waals surface area contributed by atoms with Gasteiger partial charge in [-0.2, -0.15) is 0 Å². The number of aromatic nitrogens is 4. The zero-order valence-electron chi connectivity index (χ0n) is 16.2. The van der Waals surface area contributed by atoms with Gasteiger partial charge in [0.2, 0.25) is 5.91 Å². The van der Waals surface area contributed by atoms with Crippen molar-refractivity contribution in [3.63, 3.8) is 0 Å². The van der Waals surface area contributed by atoms with Gasteiger partial charge in [-0.15, -0.1) is 5.10 Å². The molecule has 0 aliphatic carbocycles. The lowest BCUT2D eigenvalue weighted by molar-refractivity contribution is -0.119. The third kappa shape index (κ3) is 4.27. The number of hydrogen-bond donors (Lipinski definition) is 1. The third-order valence-corrected chi connectivity index (χ3v) is 4.62. The first-order valence-corrected chi connectivity index (χ1v) is 9.32. The Morgan fingerprint density at radius 2 is 2.10 bits per heavy atom. The molecule has 30 heavy (non-hydrogen) atoms. The number of rotatable bonds is 6. The van der Waals surface area contributed by atoms with E-state index in [4.69, 9.17) is 4.74 Å². The molecule has 1 N–H and O–H groups in total. The maximum absolute atomic E-state index is 14.8. The molecule has 10 heteroatoms. The number of carbonyl (C=O) groups is 2. The summed E-state index contributed by atoms with van der Waals surface area (Å²) in [5.74, 6) is -0.762. The number of halogens is 1. The fraction of sp³-hybridized carbons (Fsp3) is 0.250. The molecule has 1 saturated heterocycles. The summed E-state index contributed by atoms with van der Waals surface area (Å²) < 4.78 is 21.3. The van der Waals surface area contributed by atoms with Crippen molar-refractivity contribution in [3.05, 3.63) is 66.0 Å². The van der Waals surface area contributed by atoms with E-state index in [-0.39, 0.29) is 24.7 Å². The Morgan fingerprint density at radius 3 is 2.83 bits per heavy atom. The molecule has 154 valence electrons. The highest BCUT2D eigenvalue weighted by molar-refractivity contribution is 5.90. The van der Waals surface area contributed by atoms with Gasteiger partial charge in [0, 0.05) is 25.7 Å². The minimum Gasteiger partial charge on any atom is -0.442 e. The molecule has 9 nitrogen and oxygen atoms in total. The lowest BCUT2D eigenvalue weighted by atomic mass is 10.1. The molecule has 2 amide bonds. The van der Waals surface area contributed by atoms with Gasteiger partial charge in [0.05, 0.1) is 30.7 Å². The van der Waals surface area contributed by atoms with Crippen LogP contribution in [-0.2, 0) is 16.0 Å². The Kier molecular flexibility index (Phi) is 5.38. The number of ether oxygens (including phenoxy) is 1. The summed E-state index contributed by atoms with van der Waals surface area (Å²) in [6.45, 7) is 1.81. The summed E-state index contributed by atoms with van der Waals surface area (Å²) in [4.78, 5) is 28.4. The molecule has 0 spiro atoms. The molecular weight excluding hydrogens is 391 g/mol. The van der Waals surface area contributed by atoms with Gasteiger partial charge >= 0.3 is 6.09 Å².